The Morgan fingerprint density at radius 3 is 2.50 bits per heavy atom. The van der Waals surface area contributed by atoms with E-state index in [4.69, 9.17) is 5.73 Å². The molecule has 0 radical (unpaired) electrons. The van der Waals surface area contributed by atoms with Crippen LogP contribution in [0.2, 0.25) is 0 Å². The lowest BCUT2D eigenvalue weighted by atomic mass is 10.2. The maximum absolute atomic E-state index is 11.7. The number of hydrogen-bond acceptors (Lipinski definition) is 2. The third-order valence-electron chi connectivity index (χ3n) is 4.08. The second-order valence-corrected chi connectivity index (χ2v) is 6.01. The highest BCUT2D eigenvalue weighted by atomic mass is 16.2. The molecule has 3 rings (SSSR count). The number of anilines is 2. The summed E-state index contributed by atoms with van der Waals surface area (Å²) in [4.78, 5) is 17.9. The average molecular weight is 322 g/mol. The predicted molar refractivity (Wildman–Crippen MR) is 98.2 cm³/mol. The van der Waals surface area contributed by atoms with Gasteiger partial charge in [-0.25, -0.2) is 4.99 Å². The number of nitrogens with zero attached hydrogens (tertiary/aromatic N) is 2. The van der Waals surface area contributed by atoms with Crippen molar-refractivity contribution >= 4 is 23.2 Å². The van der Waals surface area contributed by atoms with Crippen LogP contribution in [0.3, 0.4) is 0 Å². The highest BCUT2D eigenvalue weighted by molar-refractivity contribution is 5.95. The van der Waals surface area contributed by atoms with Gasteiger partial charge in [-0.05, 0) is 43.2 Å². The van der Waals surface area contributed by atoms with Gasteiger partial charge in [-0.3, -0.25) is 4.79 Å². The first kappa shape index (κ1) is 16.1. The van der Waals surface area contributed by atoms with Crippen LogP contribution in [0.4, 0.5) is 11.4 Å². The summed E-state index contributed by atoms with van der Waals surface area (Å²) in [5.41, 5.74) is 10.1. The number of benzene rings is 2. The van der Waals surface area contributed by atoms with Gasteiger partial charge in [0.1, 0.15) is 0 Å². The molecule has 1 aliphatic heterocycles. The Morgan fingerprint density at radius 2 is 1.88 bits per heavy atom. The van der Waals surface area contributed by atoms with Crippen molar-refractivity contribution in [3.05, 3.63) is 59.7 Å². The van der Waals surface area contributed by atoms with E-state index in [9.17, 15) is 4.79 Å². The first-order valence-electron chi connectivity index (χ1n) is 8.15. The Labute approximate surface area is 142 Å². The van der Waals surface area contributed by atoms with Crippen LogP contribution in [-0.2, 0) is 11.3 Å². The number of aryl methyl sites for hydroxylation is 1. The van der Waals surface area contributed by atoms with Gasteiger partial charge < -0.3 is 16.0 Å². The Bertz CT molecular complexity index is 735. The molecule has 0 aromatic heterocycles. The smallest absolute Gasteiger partial charge is 0.227 e. The highest BCUT2D eigenvalue weighted by Gasteiger charge is 2.21. The van der Waals surface area contributed by atoms with E-state index in [0.717, 1.165) is 29.9 Å². The zero-order valence-electron chi connectivity index (χ0n) is 13.8. The first-order chi connectivity index (χ1) is 11.6. The average Bonchev–Trinajstić information content (AvgIpc) is 3.02. The normalized spacial score (nSPS) is 15.0. The summed E-state index contributed by atoms with van der Waals surface area (Å²) in [5.74, 6) is 0.588. The first-order valence-corrected chi connectivity index (χ1v) is 8.15. The summed E-state index contributed by atoms with van der Waals surface area (Å²) in [7, 11) is 0. The fraction of sp³-hybridized carbons (Fsp3) is 0.263. The number of carbonyl (C=O) groups excluding carboxylic acids is 1. The summed E-state index contributed by atoms with van der Waals surface area (Å²) in [6.07, 6.45) is 1.58. The summed E-state index contributed by atoms with van der Waals surface area (Å²) in [6.45, 7) is 3.35. The van der Waals surface area contributed by atoms with Crippen LogP contribution < -0.4 is 16.0 Å². The molecule has 0 bridgehead atoms. The van der Waals surface area contributed by atoms with Crippen LogP contribution in [0.1, 0.15) is 24.0 Å². The summed E-state index contributed by atoms with van der Waals surface area (Å²) in [6, 6.07) is 15.9. The number of amides is 1. The lowest BCUT2D eigenvalue weighted by molar-refractivity contribution is -0.117. The molecule has 2 aromatic carbocycles. The van der Waals surface area contributed by atoms with Gasteiger partial charge in [-0.2, -0.15) is 0 Å². The molecular weight excluding hydrogens is 300 g/mol. The van der Waals surface area contributed by atoms with Crippen LogP contribution in [-0.4, -0.2) is 18.4 Å². The minimum absolute atomic E-state index is 0.201. The van der Waals surface area contributed by atoms with Crippen molar-refractivity contribution in [1.82, 2.24) is 0 Å². The van der Waals surface area contributed by atoms with Gasteiger partial charge in [0, 0.05) is 24.3 Å². The molecular formula is C19H22N4O. The van der Waals surface area contributed by atoms with Crippen molar-refractivity contribution in [3.63, 3.8) is 0 Å². The molecule has 5 heteroatoms. The monoisotopic (exact) mass is 322 g/mol. The van der Waals surface area contributed by atoms with Crippen LogP contribution in [0.5, 0.6) is 0 Å². The molecule has 0 unspecified atom stereocenters. The molecule has 0 atom stereocenters. The van der Waals surface area contributed by atoms with E-state index < -0.39 is 0 Å². The lowest BCUT2D eigenvalue weighted by Gasteiger charge is -2.15. The second kappa shape index (κ2) is 7.17. The van der Waals surface area contributed by atoms with Gasteiger partial charge in [0.25, 0.3) is 0 Å². The van der Waals surface area contributed by atoms with E-state index in [0.29, 0.717) is 18.9 Å². The minimum atomic E-state index is 0.201. The molecule has 124 valence electrons. The third-order valence-corrected chi connectivity index (χ3v) is 4.08. The molecule has 1 aliphatic rings. The number of guanidine groups is 1. The Hall–Kier alpha value is -2.82. The Morgan fingerprint density at radius 1 is 1.17 bits per heavy atom. The van der Waals surface area contributed by atoms with Gasteiger partial charge in [0.15, 0.2) is 5.96 Å². The van der Waals surface area contributed by atoms with Gasteiger partial charge >= 0.3 is 0 Å². The lowest BCUT2D eigenvalue weighted by Crippen LogP contribution is -2.23. The largest absolute Gasteiger partial charge is 0.370 e. The van der Waals surface area contributed by atoms with Gasteiger partial charge in [0.05, 0.1) is 6.54 Å². The molecule has 2 aromatic rings. The van der Waals surface area contributed by atoms with Crippen molar-refractivity contribution in [2.24, 2.45) is 10.7 Å². The fourth-order valence-corrected chi connectivity index (χ4v) is 2.70. The maximum Gasteiger partial charge on any atom is 0.227 e. The number of rotatable bonds is 4. The van der Waals surface area contributed by atoms with Crippen molar-refractivity contribution in [1.29, 1.82) is 0 Å². The van der Waals surface area contributed by atoms with E-state index >= 15 is 0 Å². The second-order valence-electron chi connectivity index (χ2n) is 6.01. The van der Waals surface area contributed by atoms with Crippen molar-refractivity contribution in [2.45, 2.75) is 26.3 Å². The van der Waals surface area contributed by atoms with E-state index in [2.05, 4.69) is 10.3 Å². The number of nitrogens with one attached hydrogen (secondary N) is 1. The Kier molecular flexibility index (Phi) is 4.79. The predicted octanol–water partition coefficient (Wildman–Crippen LogP) is 3.05. The maximum atomic E-state index is 11.7. The number of hydrogen-bond donors (Lipinski definition) is 2. The van der Waals surface area contributed by atoms with Crippen molar-refractivity contribution < 1.29 is 4.79 Å². The Balaban J connectivity index is 1.59. The molecule has 1 amide bonds. The standard InChI is InChI=1S/C19H22N4O/c1-14-4-8-16(9-5-14)22-19(20)21-13-15-6-10-17(11-7-15)23-12-2-3-18(23)24/h4-11H,2-3,12-13H2,1H3,(H3,20,21,22). The van der Waals surface area contributed by atoms with E-state index in [-0.39, 0.29) is 5.91 Å². The van der Waals surface area contributed by atoms with Crippen LogP contribution in [0.15, 0.2) is 53.5 Å². The summed E-state index contributed by atoms with van der Waals surface area (Å²) >= 11 is 0. The molecule has 24 heavy (non-hydrogen) atoms. The SMILES string of the molecule is Cc1ccc(NC(N)=NCc2ccc(N3CCCC3=O)cc2)cc1. The summed E-state index contributed by atoms with van der Waals surface area (Å²) < 4.78 is 0. The zero-order chi connectivity index (χ0) is 16.9. The number of nitrogens with two attached hydrogens (primary N) is 1. The third kappa shape index (κ3) is 3.93. The fourth-order valence-electron chi connectivity index (χ4n) is 2.70. The van der Waals surface area contributed by atoms with E-state index in [1.807, 2.05) is 60.4 Å². The topological polar surface area (TPSA) is 70.7 Å². The molecule has 3 N–H and O–H groups in total. The van der Waals surface area contributed by atoms with Gasteiger partial charge in [0.2, 0.25) is 5.91 Å². The summed E-state index contributed by atoms with van der Waals surface area (Å²) in [5, 5.41) is 3.08. The van der Waals surface area contributed by atoms with E-state index in [1.54, 1.807) is 0 Å². The molecule has 1 fully saturated rings. The van der Waals surface area contributed by atoms with Crippen molar-refractivity contribution in [3.8, 4) is 0 Å². The van der Waals surface area contributed by atoms with E-state index in [1.165, 1.54) is 5.56 Å². The van der Waals surface area contributed by atoms with Gasteiger partial charge in [-0.15, -0.1) is 0 Å². The molecule has 0 aliphatic carbocycles. The van der Waals surface area contributed by atoms with Crippen LogP contribution in [0.25, 0.3) is 0 Å². The quantitative estimate of drug-likeness (QED) is 0.671. The van der Waals surface area contributed by atoms with Crippen LogP contribution in [0, 0.1) is 6.92 Å². The molecule has 1 heterocycles. The number of carbonyl (C=O) groups is 1. The van der Waals surface area contributed by atoms with Gasteiger partial charge in [-0.1, -0.05) is 29.8 Å². The zero-order valence-corrected chi connectivity index (χ0v) is 13.8. The molecule has 0 spiro atoms. The highest BCUT2D eigenvalue weighted by Crippen LogP contribution is 2.21. The molecule has 5 nitrogen and oxygen atoms in total. The van der Waals surface area contributed by atoms with Crippen LogP contribution >= 0.6 is 0 Å². The molecule has 1 saturated heterocycles. The van der Waals surface area contributed by atoms with Crippen molar-refractivity contribution in [2.75, 3.05) is 16.8 Å². The minimum Gasteiger partial charge on any atom is -0.370 e. The molecule has 0 saturated carbocycles. The number of aliphatic imine (C=N–C) groups is 1.